The van der Waals surface area contributed by atoms with Gasteiger partial charge in [0, 0.05) is 24.8 Å². The summed E-state index contributed by atoms with van der Waals surface area (Å²) in [6.45, 7) is 3.53. The highest BCUT2D eigenvalue weighted by atomic mass is 32.1. The number of nitro groups is 1. The van der Waals surface area contributed by atoms with E-state index in [9.17, 15) is 10.1 Å². The first kappa shape index (κ1) is 16.2. The van der Waals surface area contributed by atoms with Crippen LogP contribution < -0.4 is 4.90 Å². The zero-order valence-electron chi connectivity index (χ0n) is 13.4. The van der Waals surface area contributed by atoms with Crippen LogP contribution in [0.25, 0.3) is 0 Å². The SMILES string of the molecule is Cc1cccc(C#CC=C2CCN(c3sccc3[N+](=O)[O-])CC2)n1. The Labute approximate surface area is 144 Å². The predicted molar refractivity (Wildman–Crippen MR) is 96.4 cm³/mol. The van der Waals surface area contributed by atoms with Gasteiger partial charge in [0.15, 0.2) is 5.00 Å². The van der Waals surface area contributed by atoms with Gasteiger partial charge in [0.1, 0.15) is 5.69 Å². The number of aromatic nitrogens is 1. The highest BCUT2D eigenvalue weighted by Gasteiger charge is 2.23. The predicted octanol–water partition coefficient (Wildman–Crippen LogP) is 3.94. The second-order valence-electron chi connectivity index (χ2n) is 5.59. The topological polar surface area (TPSA) is 59.3 Å². The number of allylic oxidation sites excluding steroid dienone is 1. The zero-order valence-corrected chi connectivity index (χ0v) is 14.2. The fraction of sp³-hybridized carbons (Fsp3) is 0.278. The molecular formula is C18H17N3O2S. The van der Waals surface area contributed by atoms with Crippen molar-refractivity contribution in [3.05, 3.63) is 62.8 Å². The van der Waals surface area contributed by atoms with Gasteiger partial charge in [-0.3, -0.25) is 10.1 Å². The summed E-state index contributed by atoms with van der Waals surface area (Å²) in [6.07, 6.45) is 3.72. The smallest absolute Gasteiger partial charge is 0.303 e. The van der Waals surface area contributed by atoms with Gasteiger partial charge in [0.25, 0.3) is 0 Å². The summed E-state index contributed by atoms with van der Waals surface area (Å²) in [5.74, 6) is 6.14. The van der Waals surface area contributed by atoms with E-state index in [1.807, 2.05) is 31.2 Å². The number of aryl methyl sites for hydroxylation is 1. The summed E-state index contributed by atoms with van der Waals surface area (Å²) in [5, 5.41) is 13.6. The summed E-state index contributed by atoms with van der Waals surface area (Å²) in [6, 6.07) is 7.37. The standard InChI is InChI=1S/C18H17N3O2S/c1-14-4-2-6-16(19-14)7-3-5-15-8-11-20(12-9-15)18-17(21(22)23)10-13-24-18/h2,4-6,10,13H,8-9,11-12H2,1H3. The largest absolute Gasteiger partial charge is 0.357 e. The monoisotopic (exact) mass is 339 g/mol. The third-order valence-corrected chi connectivity index (χ3v) is 4.84. The van der Waals surface area contributed by atoms with Crippen LogP contribution in [0.5, 0.6) is 0 Å². The molecule has 0 unspecified atom stereocenters. The van der Waals surface area contributed by atoms with Crippen molar-refractivity contribution in [2.45, 2.75) is 19.8 Å². The van der Waals surface area contributed by atoms with Gasteiger partial charge in [0.05, 0.1) is 4.92 Å². The van der Waals surface area contributed by atoms with E-state index in [1.165, 1.54) is 16.9 Å². The number of thiophene rings is 1. The summed E-state index contributed by atoms with van der Waals surface area (Å²) < 4.78 is 0. The van der Waals surface area contributed by atoms with Gasteiger partial charge < -0.3 is 4.90 Å². The summed E-state index contributed by atoms with van der Waals surface area (Å²) in [7, 11) is 0. The summed E-state index contributed by atoms with van der Waals surface area (Å²) >= 11 is 1.43. The molecule has 3 heterocycles. The number of piperidine rings is 1. The van der Waals surface area contributed by atoms with Gasteiger partial charge in [-0.15, -0.1) is 11.3 Å². The van der Waals surface area contributed by atoms with Crippen molar-refractivity contribution in [3.63, 3.8) is 0 Å². The molecule has 0 amide bonds. The minimum absolute atomic E-state index is 0.206. The number of anilines is 1. The lowest BCUT2D eigenvalue weighted by Gasteiger charge is -2.28. The first-order chi connectivity index (χ1) is 11.6. The Hall–Kier alpha value is -2.65. The Bertz CT molecular complexity index is 835. The molecule has 24 heavy (non-hydrogen) atoms. The molecule has 0 radical (unpaired) electrons. The number of rotatable bonds is 2. The number of nitrogens with zero attached hydrogens (tertiary/aromatic N) is 3. The van der Waals surface area contributed by atoms with E-state index < -0.39 is 0 Å². The zero-order chi connectivity index (χ0) is 16.9. The van der Waals surface area contributed by atoms with Gasteiger partial charge in [-0.05, 0) is 49.3 Å². The van der Waals surface area contributed by atoms with E-state index >= 15 is 0 Å². The molecule has 6 heteroatoms. The van der Waals surface area contributed by atoms with Gasteiger partial charge in [0.2, 0.25) is 0 Å². The van der Waals surface area contributed by atoms with Crippen molar-refractivity contribution in [1.29, 1.82) is 0 Å². The molecule has 122 valence electrons. The summed E-state index contributed by atoms with van der Waals surface area (Å²) in [4.78, 5) is 17.2. The molecule has 1 fully saturated rings. The average Bonchev–Trinajstić information content (AvgIpc) is 3.05. The van der Waals surface area contributed by atoms with E-state index in [4.69, 9.17) is 0 Å². The van der Waals surface area contributed by atoms with Crippen LogP contribution in [-0.4, -0.2) is 23.0 Å². The van der Waals surface area contributed by atoms with Gasteiger partial charge in [-0.25, -0.2) is 4.98 Å². The lowest BCUT2D eigenvalue weighted by Crippen LogP contribution is -2.30. The van der Waals surface area contributed by atoms with Crippen LogP contribution in [0.3, 0.4) is 0 Å². The fourth-order valence-corrected chi connectivity index (χ4v) is 3.56. The molecule has 0 aliphatic carbocycles. The van der Waals surface area contributed by atoms with E-state index in [0.29, 0.717) is 0 Å². The van der Waals surface area contributed by atoms with Crippen molar-refractivity contribution >= 4 is 22.0 Å². The van der Waals surface area contributed by atoms with Crippen molar-refractivity contribution in [1.82, 2.24) is 4.98 Å². The maximum Gasteiger partial charge on any atom is 0.303 e. The second-order valence-corrected chi connectivity index (χ2v) is 6.49. The second kappa shape index (κ2) is 7.28. The Morgan fingerprint density at radius 1 is 1.33 bits per heavy atom. The quantitative estimate of drug-likeness (QED) is 0.472. The first-order valence-electron chi connectivity index (χ1n) is 7.73. The maximum absolute atomic E-state index is 11.0. The van der Waals surface area contributed by atoms with Gasteiger partial charge in [-0.1, -0.05) is 17.6 Å². The number of pyridine rings is 1. The van der Waals surface area contributed by atoms with Crippen molar-refractivity contribution in [3.8, 4) is 11.8 Å². The Morgan fingerprint density at radius 3 is 2.83 bits per heavy atom. The van der Waals surface area contributed by atoms with Crippen LogP contribution >= 0.6 is 11.3 Å². The van der Waals surface area contributed by atoms with Crippen molar-refractivity contribution in [2.24, 2.45) is 0 Å². The minimum Gasteiger partial charge on any atom is -0.357 e. The molecule has 0 atom stereocenters. The molecule has 3 rings (SSSR count). The van der Waals surface area contributed by atoms with Crippen LogP contribution in [0, 0.1) is 28.9 Å². The summed E-state index contributed by atoms with van der Waals surface area (Å²) in [5.41, 5.74) is 3.22. The lowest BCUT2D eigenvalue weighted by molar-refractivity contribution is -0.383. The average molecular weight is 339 g/mol. The molecule has 5 nitrogen and oxygen atoms in total. The molecule has 0 spiro atoms. The molecule has 0 saturated carbocycles. The van der Waals surface area contributed by atoms with Crippen LogP contribution in [0.1, 0.15) is 24.2 Å². The van der Waals surface area contributed by atoms with E-state index in [1.54, 1.807) is 11.4 Å². The Balaban J connectivity index is 1.63. The molecule has 0 N–H and O–H groups in total. The molecule has 1 aliphatic heterocycles. The third kappa shape index (κ3) is 3.81. The molecule has 0 bridgehead atoms. The van der Waals surface area contributed by atoms with E-state index in [-0.39, 0.29) is 10.6 Å². The Morgan fingerprint density at radius 2 is 2.12 bits per heavy atom. The fourth-order valence-electron chi connectivity index (χ4n) is 2.64. The number of hydrogen-bond acceptors (Lipinski definition) is 5. The van der Waals surface area contributed by atoms with Crippen LogP contribution in [-0.2, 0) is 0 Å². The van der Waals surface area contributed by atoms with E-state index in [2.05, 4.69) is 21.7 Å². The molecule has 1 saturated heterocycles. The minimum atomic E-state index is -0.308. The van der Waals surface area contributed by atoms with Crippen LogP contribution in [0.15, 0.2) is 41.3 Å². The highest BCUT2D eigenvalue weighted by molar-refractivity contribution is 7.14. The molecule has 0 aromatic carbocycles. The Kier molecular flexibility index (Phi) is 4.92. The maximum atomic E-state index is 11.0. The molecule has 1 aliphatic rings. The molecule has 2 aromatic heterocycles. The van der Waals surface area contributed by atoms with Crippen molar-refractivity contribution < 1.29 is 4.92 Å². The lowest BCUT2D eigenvalue weighted by atomic mass is 10.0. The third-order valence-electron chi connectivity index (χ3n) is 3.88. The first-order valence-corrected chi connectivity index (χ1v) is 8.61. The van der Waals surface area contributed by atoms with Crippen molar-refractivity contribution in [2.75, 3.05) is 18.0 Å². The van der Waals surface area contributed by atoms with Gasteiger partial charge in [-0.2, -0.15) is 0 Å². The van der Waals surface area contributed by atoms with Gasteiger partial charge >= 0.3 is 5.69 Å². The highest BCUT2D eigenvalue weighted by Crippen LogP contribution is 2.36. The van der Waals surface area contributed by atoms with Crippen LogP contribution in [0.4, 0.5) is 10.7 Å². The van der Waals surface area contributed by atoms with Crippen LogP contribution in [0.2, 0.25) is 0 Å². The normalized spacial score (nSPS) is 14.0. The molecule has 2 aromatic rings. The van der Waals surface area contributed by atoms with E-state index in [0.717, 1.165) is 42.3 Å². The molecular weight excluding hydrogens is 322 g/mol. The number of hydrogen-bond donors (Lipinski definition) is 0.